The average molecular weight is 256 g/mol. The molecule has 0 unspecified atom stereocenters. The van der Waals surface area contributed by atoms with Gasteiger partial charge in [0.05, 0.1) is 26.5 Å². The summed E-state index contributed by atoms with van der Waals surface area (Å²) in [5.41, 5.74) is 0.134. The topological polar surface area (TPSA) is 49.9 Å². The highest BCUT2D eigenvalue weighted by Gasteiger charge is 2.13. The van der Waals surface area contributed by atoms with Gasteiger partial charge < -0.3 is 4.98 Å². The van der Waals surface area contributed by atoms with Crippen LogP contribution in [0.1, 0.15) is 17.3 Å². The zero-order valence-corrected chi connectivity index (χ0v) is 9.82. The zero-order valence-electron chi connectivity index (χ0n) is 8.30. The molecule has 82 valence electrons. The minimum atomic E-state index is -0.395. The fraction of sp³-hybridized carbons (Fsp3) is 0.0909. The van der Waals surface area contributed by atoms with Gasteiger partial charge in [-0.2, -0.15) is 0 Å². The van der Waals surface area contributed by atoms with Crippen molar-refractivity contribution in [3.8, 4) is 0 Å². The van der Waals surface area contributed by atoms with Crippen molar-refractivity contribution in [3.05, 3.63) is 44.2 Å². The van der Waals surface area contributed by atoms with Gasteiger partial charge >= 0.3 is 0 Å². The van der Waals surface area contributed by atoms with E-state index in [0.717, 1.165) is 0 Å². The number of fused-ring (bicyclic) bond motifs is 1. The van der Waals surface area contributed by atoms with Crippen LogP contribution in [0.3, 0.4) is 0 Å². The summed E-state index contributed by atoms with van der Waals surface area (Å²) in [5.74, 6) is -0.306. The van der Waals surface area contributed by atoms with Gasteiger partial charge in [-0.15, -0.1) is 0 Å². The highest BCUT2D eigenvalue weighted by molar-refractivity contribution is 6.39. The Balaban J connectivity index is 3.00. The molecule has 1 N–H and O–H groups in total. The molecule has 0 saturated heterocycles. The van der Waals surface area contributed by atoms with Crippen molar-refractivity contribution < 1.29 is 4.79 Å². The van der Waals surface area contributed by atoms with Crippen molar-refractivity contribution in [1.29, 1.82) is 0 Å². The first-order chi connectivity index (χ1) is 7.52. The Morgan fingerprint density at radius 2 is 1.88 bits per heavy atom. The molecular weight excluding hydrogens is 249 g/mol. The van der Waals surface area contributed by atoms with Crippen LogP contribution in [0.25, 0.3) is 10.9 Å². The molecule has 0 spiro atoms. The van der Waals surface area contributed by atoms with Crippen LogP contribution in [-0.2, 0) is 0 Å². The van der Waals surface area contributed by atoms with Crippen LogP contribution in [-0.4, -0.2) is 10.8 Å². The first-order valence-electron chi connectivity index (χ1n) is 4.52. The predicted molar refractivity (Wildman–Crippen MR) is 64.6 cm³/mol. The number of carbonyl (C=O) groups is 1. The van der Waals surface area contributed by atoms with Gasteiger partial charge in [-0.3, -0.25) is 9.59 Å². The molecule has 0 amide bonds. The van der Waals surface area contributed by atoms with Crippen molar-refractivity contribution in [3.63, 3.8) is 0 Å². The van der Waals surface area contributed by atoms with Gasteiger partial charge in [0, 0.05) is 6.20 Å². The van der Waals surface area contributed by atoms with Crippen molar-refractivity contribution in [2.45, 2.75) is 6.92 Å². The second kappa shape index (κ2) is 3.92. The molecule has 0 radical (unpaired) electrons. The minimum absolute atomic E-state index is 0.0802. The maximum atomic E-state index is 12.0. The number of hydrogen-bond donors (Lipinski definition) is 1. The quantitative estimate of drug-likeness (QED) is 0.797. The van der Waals surface area contributed by atoms with Crippen LogP contribution < -0.4 is 5.43 Å². The maximum absolute atomic E-state index is 12.0. The number of hydrogen-bond acceptors (Lipinski definition) is 2. The van der Waals surface area contributed by atoms with E-state index in [9.17, 15) is 9.59 Å². The molecule has 0 aliphatic heterocycles. The second-order valence-corrected chi connectivity index (χ2v) is 4.18. The summed E-state index contributed by atoms with van der Waals surface area (Å²) >= 11 is 11.8. The smallest absolute Gasteiger partial charge is 0.201 e. The summed E-state index contributed by atoms with van der Waals surface area (Å²) in [6.45, 7) is 1.33. The number of Topliss-reactive ketones (excluding diaryl/α,β-unsaturated/α-hetero) is 1. The molecule has 1 aromatic heterocycles. The number of halogens is 2. The number of aromatic nitrogens is 1. The average Bonchev–Trinajstić information content (AvgIpc) is 2.23. The number of aromatic amines is 1. The number of rotatable bonds is 1. The number of pyridine rings is 1. The lowest BCUT2D eigenvalue weighted by atomic mass is 10.1. The fourth-order valence-corrected chi connectivity index (χ4v) is 1.98. The van der Waals surface area contributed by atoms with Crippen molar-refractivity contribution in [2.75, 3.05) is 0 Å². The van der Waals surface area contributed by atoms with Gasteiger partial charge in [-0.1, -0.05) is 23.2 Å². The molecule has 2 aromatic rings. The predicted octanol–water partition coefficient (Wildman–Crippen LogP) is 3.04. The third-order valence-corrected chi connectivity index (χ3v) is 2.95. The number of carbonyl (C=O) groups excluding carboxylic acids is 1. The Labute approximate surface area is 101 Å². The van der Waals surface area contributed by atoms with E-state index in [-0.39, 0.29) is 21.8 Å². The van der Waals surface area contributed by atoms with E-state index in [1.54, 1.807) is 6.07 Å². The monoisotopic (exact) mass is 255 g/mol. The normalized spacial score (nSPS) is 10.7. The van der Waals surface area contributed by atoms with Gasteiger partial charge in [0.1, 0.15) is 0 Å². The Kier molecular flexibility index (Phi) is 2.74. The van der Waals surface area contributed by atoms with E-state index < -0.39 is 5.43 Å². The Morgan fingerprint density at radius 3 is 2.50 bits per heavy atom. The third-order valence-electron chi connectivity index (χ3n) is 2.32. The minimum Gasteiger partial charge on any atom is -0.359 e. The molecule has 0 saturated carbocycles. The molecule has 1 heterocycles. The lowest BCUT2D eigenvalue weighted by Crippen LogP contribution is -2.14. The summed E-state index contributed by atoms with van der Waals surface area (Å²) in [6.07, 6.45) is 1.36. The standard InChI is InChI=1S/C11H7Cl2NO2/c1-5(15)6-4-14-10-8(13)3-2-7(12)9(10)11(6)16/h2-4H,1H3,(H,14,16). The van der Waals surface area contributed by atoms with Crippen molar-refractivity contribution >= 4 is 39.9 Å². The summed E-state index contributed by atoms with van der Waals surface area (Å²) in [5, 5.41) is 0.928. The Hall–Kier alpha value is -1.32. The number of nitrogens with one attached hydrogen (secondary N) is 1. The van der Waals surface area contributed by atoms with E-state index in [1.807, 2.05) is 0 Å². The van der Waals surface area contributed by atoms with Crippen LogP contribution in [0.4, 0.5) is 0 Å². The number of H-pyrrole nitrogens is 1. The second-order valence-electron chi connectivity index (χ2n) is 3.37. The van der Waals surface area contributed by atoms with E-state index in [0.29, 0.717) is 10.5 Å². The summed E-state index contributed by atoms with van der Waals surface area (Å²) in [7, 11) is 0. The molecule has 3 nitrogen and oxygen atoms in total. The van der Waals surface area contributed by atoms with Gasteiger partial charge in [0.25, 0.3) is 0 Å². The van der Waals surface area contributed by atoms with E-state index in [1.165, 1.54) is 19.2 Å². The van der Waals surface area contributed by atoms with E-state index in [4.69, 9.17) is 23.2 Å². The van der Waals surface area contributed by atoms with Crippen LogP contribution in [0.15, 0.2) is 23.1 Å². The Morgan fingerprint density at radius 1 is 1.25 bits per heavy atom. The number of benzene rings is 1. The van der Waals surface area contributed by atoms with Gasteiger partial charge in [-0.25, -0.2) is 0 Å². The molecule has 0 bridgehead atoms. The molecule has 2 rings (SSSR count). The fourth-order valence-electron chi connectivity index (χ4n) is 1.52. The highest BCUT2D eigenvalue weighted by Crippen LogP contribution is 2.25. The molecule has 0 aliphatic rings. The van der Waals surface area contributed by atoms with Crippen LogP contribution in [0.2, 0.25) is 10.0 Å². The maximum Gasteiger partial charge on any atom is 0.201 e. The molecule has 0 atom stereocenters. The molecule has 0 aliphatic carbocycles. The van der Waals surface area contributed by atoms with Gasteiger partial charge in [0.15, 0.2) is 5.78 Å². The summed E-state index contributed by atoms with van der Waals surface area (Å²) in [4.78, 5) is 26.0. The number of ketones is 1. The summed E-state index contributed by atoms with van der Waals surface area (Å²) in [6, 6.07) is 3.13. The molecule has 16 heavy (non-hydrogen) atoms. The van der Waals surface area contributed by atoms with E-state index in [2.05, 4.69) is 4.98 Å². The highest BCUT2D eigenvalue weighted by atomic mass is 35.5. The lowest BCUT2D eigenvalue weighted by molar-refractivity contribution is 0.101. The van der Waals surface area contributed by atoms with Crippen molar-refractivity contribution in [1.82, 2.24) is 4.98 Å². The van der Waals surface area contributed by atoms with Crippen LogP contribution >= 0.6 is 23.2 Å². The Bertz CT molecular complexity index is 646. The van der Waals surface area contributed by atoms with Gasteiger partial charge in [0.2, 0.25) is 5.43 Å². The molecule has 0 fully saturated rings. The van der Waals surface area contributed by atoms with Crippen LogP contribution in [0.5, 0.6) is 0 Å². The third kappa shape index (κ3) is 1.62. The van der Waals surface area contributed by atoms with Gasteiger partial charge in [-0.05, 0) is 19.1 Å². The molecule has 5 heteroatoms. The first-order valence-corrected chi connectivity index (χ1v) is 5.28. The first kappa shape index (κ1) is 11.2. The molecular formula is C11H7Cl2NO2. The van der Waals surface area contributed by atoms with E-state index >= 15 is 0 Å². The summed E-state index contributed by atoms with van der Waals surface area (Å²) < 4.78 is 0. The largest absolute Gasteiger partial charge is 0.359 e. The molecule has 1 aromatic carbocycles. The van der Waals surface area contributed by atoms with Crippen molar-refractivity contribution in [2.24, 2.45) is 0 Å². The zero-order chi connectivity index (χ0) is 11.9. The van der Waals surface area contributed by atoms with Crippen LogP contribution in [0, 0.1) is 0 Å². The lowest BCUT2D eigenvalue weighted by Gasteiger charge is -2.03. The SMILES string of the molecule is CC(=O)c1c[nH]c2c(Cl)ccc(Cl)c2c1=O.